The summed E-state index contributed by atoms with van der Waals surface area (Å²) in [6.45, 7) is 0.647. The molecule has 1 amide bonds. The van der Waals surface area contributed by atoms with Crippen molar-refractivity contribution >= 4 is 52.5 Å². The van der Waals surface area contributed by atoms with Gasteiger partial charge in [-0.15, -0.1) is 0 Å². The number of benzene rings is 4. The second-order valence-electron chi connectivity index (χ2n) is 8.16. The van der Waals surface area contributed by atoms with E-state index in [9.17, 15) is 10.1 Å². The molecule has 5 nitrogen and oxygen atoms in total. The van der Waals surface area contributed by atoms with Gasteiger partial charge in [0, 0.05) is 26.3 Å². The average Bonchev–Trinajstić information content (AvgIpc) is 2.91. The van der Waals surface area contributed by atoms with Crippen LogP contribution < -0.4 is 14.8 Å². The van der Waals surface area contributed by atoms with Crippen LogP contribution in [0.2, 0.25) is 15.1 Å². The van der Waals surface area contributed by atoms with E-state index in [1.807, 2.05) is 24.3 Å². The van der Waals surface area contributed by atoms with Gasteiger partial charge in [-0.2, -0.15) is 5.26 Å². The number of anilines is 1. The smallest absolute Gasteiger partial charge is 0.266 e. The molecule has 0 saturated carbocycles. The largest absolute Gasteiger partial charge is 0.489 e. The fourth-order valence-electron chi connectivity index (χ4n) is 3.40. The minimum Gasteiger partial charge on any atom is -0.489 e. The van der Waals surface area contributed by atoms with Gasteiger partial charge in [-0.3, -0.25) is 4.79 Å². The Labute approximate surface area is 235 Å². The van der Waals surface area contributed by atoms with E-state index >= 15 is 0 Å². The number of amides is 1. The van der Waals surface area contributed by atoms with Gasteiger partial charge in [-0.1, -0.05) is 65.1 Å². The zero-order chi connectivity index (χ0) is 26.9. The highest BCUT2D eigenvalue weighted by molar-refractivity contribution is 6.35. The van der Waals surface area contributed by atoms with E-state index in [0.717, 1.165) is 11.1 Å². The summed E-state index contributed by atoms with van der Waals surface area (Å²) in [6, 6.07) is 28.5. The van der Waals surface area contributed by atoms with Crippen molar-refractivity contribution in [3.05, 3.63) is 128 Å². The fraction of sp³-hybridized carbons (Fsp3) is 0.0667. The van der Waals surface area contributed by atoms with Crippen LogP contribution in [0.15, 0.2) is 96.6 Å². The van der Waals surface area contributed by atoms with Crippen molar-refractivity contribution in [1.82, 2.24) is 0 Å². The molecule has 0 heterocycles. The Kier molecular flexibility index (Phi) is 9.29. The molecule has 4 aromatic rings. The zero-order valence-corrected chi connectivity index (χ0v) is 22.2. The van der Waals surface area contributed by atoms with E-state index in [1.165, 1.54) is 6.08 Å². The van der Waals surface area contributed by atoms with E-state index in [0.29, 0.717) is 44.4 Å². The molecule has 190 valence electrons. The Morgan fingerprint density at radius 1 is 0.816 bits per heavy atom. The summed E-state index contributed by atoms with van der Waals surface area (Å²) >= 11 is 18.1. The van der Waals surface area contributed by atoms with Gasteiger partial charge in [-0.05, 0) is 77.9 Å². The molecule has 0 atom stereocenters. The Morgan fingerprint density at radius 2 is 1.47 bits per heavy atom. The van der Waals surface area contributed by atoms with Gasteiger partial charge >= 0.3 is 0 Å². The lowest BCUT2D eigenvalue weighted by Gasteiger charge is -2.10. The number of carbonyl (C=O) groups excluding carboxylic acids is 1. The summed E-state index contributed by atoms with van der Waals surface area (Å²) in [5, 5.41) is 14.0. The Balaban J connectivity index is 1.32. The summed E-state index contributed by atoms with van der Waals surface area (Å²) in [5.41, 5.74) is 2.94. The third kappa shape index (κ3) is 7.77. The SMILES string of the molecule is N#C/C(=C\c1ccc(OCc2cccc(Cl)c2)cc1)C(=O)Nc1ccc(OCc2ccc(Cl)cc2Cl)cc1. The highest BCUT2D eigenvalue weighted by Crippen LogP contribution is 2.24. The van der Waals surface area contributed by atoms with Crippen molar-refractivity contribution in [2.24, 2.45) is 0 Å². The fourth-order valence-corrected chi connectivity index (χ4v) is 4.08. The minimum absolute atomic E-state index is 0.0321. The Morgan fingerprint density at radius 3 is 2.13 bits per heavy atom. The molecule has 0 saturated heterocycles. The third-order valence-corrected chi connectivity index (χ3v) is 6.19. The second kappa shape index (κ2) is 13.0. The van der Waals surface area contributed by atoms with Gasteiger partial charge in [0.15, 0.2) is 0 Å². The highest BCUT2D eigenvalue weighted by Gasteiger charge is 2.10. The van der Waals surface area contributed by atoms with Crippen molar-refractivity contribution < 1.29 is 14.3 Å². The molecule has 0 aliphatic rings. The molecule has 0 aliphatic carbocycles. The lowest BCUT2D eigenvalue weighted by atomic mass is 10.1. The van der Waals surface area contributed by atoms with Crippen LogP contribution in [0.3, 0.4) is 0 Å². The molecular weight excluding hydrogens is 543 g/mol. The standard InChI is InChI=1S/C30H21Cl3N2O3/c31-24-3-1-2-21(15-24)18-37-27-10-4-20(5-11-27)14-23(17-34)30(36)35-26-8-12-28(13-9-26)38-19-22-6-7-25(32)16-29(22)33/h1-16H,18-19H2,(H,35,36)/b23-14+. The number of carbonyl (C=O) groups is 1. The highest BCUT2D eigenvalue weighted by atomic mass is 35.5. The number of ether oxygens (including phenoxy) is 2. The first-order chi connectivity index (χ1) is 18.4. The summed E-state index contributed by atoms with van der Waals surface area (Å²) < 4.78 is 11.5. The molecule has 0 radical (unpaired) electrons. The van der Waals surface area contributed by atoms with E-state index in [-0.39, 0.29) is 12.2 Å². The topological polar surface area (TPSA) is 71.3 Å². The van der Waals surface area contributed by atoms with Crippen molar-refractivity contribution in [2.75, 3.05) is 5.32 Å². The Bertz CT molecular complexity index is 1490. The molecule has 0 aromatic heterocycles. The Hall–Kier alpha value is -3.95. The molecule has 0 unspecified atom stereocenters. The van der Waals surface area contributed by atoms with Crippen LogP contribution >= 0.6 is 34.8 Å². The number of hydrogen-bond acceptors (Lipinski definition) is 4. The van der Waals surface area contributed by atoms with Crippen molar-refractivity contribution in [3.63, 3.8) is 0 Å². The number of rotatable bonds is 9. The minimum atomic E-state index is -0.518. The number of nitriles is 1. The first kappa shape index (κ1) is 27.1. The van der Waals surface area contributed by atoms with Gasteiger partial charge in [0.05, 0.1) is 0 Å². The van der Waals surface area contributed by atoms with E-state index < -0.39 is 5.91 Å². The van der Waals surface area contributed by atoms with Crippen LogP contribution in [-0.4, -0.2) is 5.91 Å². The van der Waals surface area contributed by atoms with Crippen molar-refractivity contribution in [3.8, 4) is 17.6 Å². The van der Waals surface area contributed by atoms with Crippen molar-refractivity contribution in [2.45, 2.75) is 13.2 Å². The lowest BCUT2D eigenvalue weighted by molar-refractivity contribution is -0.112. The first-order valence-electron chi connectivity index (χ1n) is 11.5. The summed E-state index contributed by atoms with van der Waals surface area (Å²) in [5.74, 6) is 0.740. The number of nitrogens with zero attached hydrogens (tertiary/aromatic N) is 1. The van der Waals surface area contributed by atoms with Crippen molar-refractivity contribution in [1.29, 1.82) is 5.26 Å². The molecule has 1 N–H and O–H groups in total. The van der Waals surface area contributed by atoms with E-state index in [4.69, 9.17) is 44.3 Å². The zero-order valence-electron chi connectivity index (χ0n) is 20.0. The monoisotopic (exact) mass is 562 g/mol. The predicted octanol–water partition coefficient (Wildman–Crippen LogP) is 8.35. The maximum atomic E-state index is 12.7. The van der Waals surface area contributed by atoms with Gasteiger partial charge < -0.3 is 14.8 Å². The van der Waals surface area contributed by atoms with Gasteiger partial charge in [-0.25, -0.2) is 0 Å². The van der Waals surface area contributed by atoms with E-state index in [2.05, 4.69) is 5.32 Å². The molecule has 4 rings (SSSR count). The quantitative estimate of drug-likeness (QED) is 0.164. The van der Waals surface area contributed by atoms with Gasteiger partial charge in [0.1, 0.15) is 36.4 Å². The van der Waals surface area contributed by atoms with Crippen LogP contribution in [0.5, 0.6) is 11.5 Å². The summed E-state index contributed by atoms with van der Waals surface area (Å²) in [4.78, 5) is 12.7. The molecule has 38 heavy (non-hydrogen) atoms. The number of hydrogen-bond donors (Lipinski definition) is 1. The van der Waals surface area contributed by atoms with E-state index in [1.54, 1.807) is 72.8 Å². The molecule has 4 aromatic carbocycles. The molecule has 0 bridgehead atoms. The molecule has 0 fully saturated rings. The maximum absolute atomic E-state index is 12.7. The van der Waals surface area contributed by atoms with Crippen LogP contribution in [0, 0.1) is 11.3 Å². The lowest BCUT2D eigenvalue weighted by Crippen LogP contribution is -2.13. The third-order valence-electron chi connectivity index (χ3n) is 5.37. The van der Waals surface area contributed by atoms with Gasteiger partial charge in [0.2, 0.25) is 0 Å². The van der Waals surface area contributed by atoms with Crippen LogP contribution in [0.25, 0.3) is 6.08 Å². The average molecular weight is 564 g/mol. The first-order valence-corrected chi connectivity index (χ1v) is 12.6. The summed E-state index contributed by atoms with van der Waals surface area (Å²) in [6.07, 6.45) is 1.52. The predicted molar refractivity (Wildman–Crippen MR) is 152 cm³/mol. The maximum Gasteiger partial charge on any atom is 0.266 e. The molecular formula is C30H21Cl3N2O3. The number of nitrogens with one attached hydrogen (secondary N) is 1. The molecule has 0 aliphatic heterocycles. The van der Waals surface area contributed by atoms with Crippen LogP contribution in [-0.2, 0) is 18.0 Å². The van der Waals surface area contributed by atoms with Crippen LogP contribution in [0.4, 0.5) is 5.69 Å². The number of halogens is 3. The normalized spacial score (nSPS) is 10.9. The molecule has 8 heteroatoms. The van der Waals surface area contributed by atoms with Crippen LogP contribution in [0.1, 0.15) is 16.7 Å². The summed E-state index contributed by atoms with van der Waals surface area (Å²) in [7, 11) is 0. The van der Waals surface area contributed by atoms with Gasteiger partial charge in [0.25, 0.3) is 5.91 Å². The molecule has 0 spiro atoms. The second-order valence-corrected chi connectivity index (χ2v) is 9.44.